The third-order valence-corrected chi connectivity index (χ3v) is 3.18. The van der Waals surface area contributed by atoms with Crippen LogP contribution in [-0.2, 0) is 0 Å². The van der Waals surface area contributed by atoms with Crippen molar-refractivity contribution in [1.82, 2.24) is 0 Å². The number of carboxylic acid groups (broad SMARTS) is 1. The van der Waals surface area contributed by atoms with E-state index in [0.717, 1.165) is 6.07 Å². The highest BCUT2D eigenvalue weighted by Gasteiger charge is 2.19. The molecule has 2 rings (SSSR count). The van der Waals surface area contributed by atoms with Crippen LogP contribution in [0, 0.1) is 5.82 Å². The fourth-order valence-corrected chi connectivity index (χ4v) is 2.06. The molecule has 0 saturated heterocycles. The maximum atomic E-state index is 13.7. The molecule has 0 heterocycles. The van der Waals surface area contributed by atoms with E-state index in [0.29, 0.717) is 4.47 Å². The summed E-state index contributed by atoms with van der Waals surface area (Å²) < 4.78 is 14.3. The lowest BCUT2D eigenvalue weighted by Gasteiger charge is -2.10. The molecule has 0 aliphatic carbocycles. The number of carboxylic acids is 1. The predicted octanol–water partition coefficient (Wildman–Crippen LogP) is 3.24. The molecule has 0 aromatic heterocycles. The van der Waals surface area contributed by atoms with E-state index in [9.17, 15) is 19.1 Å². The molecule has 0 fully saturated rings. The molecule has 2 aromatic carbocycles. The third kappa shape index (κ3) is 3.19. The van der Waals surface area contributed by atoms with Gasteiger partial charge in [0.15, 0.2) is 0 Å². The monoisotopic (exact) mass is 353 g/mol. The number of hydrogen-bond donors (Lipinski definition) is 3. The highest BCUT2D eigenvalue weighted by Crippen LogP contribution is 2.25. The van der Waals surface area contributed by atoms with Crippen molar-refractivity contribution in [1.29, 1.82) is 0 Å². The molecule has 2 aromatic rings. The third-order valence-electron chi connectivity index (χ3n) is 2.69. The van der Waals surface area contributed by atoms with Gasteiger partial charge in [-0.2, -0.15) is 0 Å². The number of anilines is 1. The van der Waals surface area contributed by atoms with Gasteiger partial charge < -0.3 is 15.5 Å². The molecule has 108 valence electrons. The molecule has 5 nitrogen and oxygen atoms in total. The van der Waals surface area contributed by atoms with Crippen LogP contribution in [0.4, 0.5) is 10.1 Å². The van der Waals surface area contributed by atoms with E-state index in [1.54, 1.807) is 0 Å². The molecular formula is C14H9BrFNO4. The van der Waals surface area contributed by atoms with E-state index in [2.05, 4.69) is 21.2 Å². The largest absolute Gasteiger partial charge is 0.507 e. The molecule has 0 saturated carbocycles. The summed E-state index contributed by atoms with van der Waals surface area (Å²) in [7, 11) is 0. The summed E-state index contributed by atoms with van der Waals surface area (Å²) in [6.45, 7) is 0. The van der Waals surface area contributed by atoms with Gasteiger partial charge >= 0.3 is 5.97 Å². The van der Waals surface area contributed by atoms with Gasteiger partial charge in [-0.1, -0.05) is 22.0 Å². The van der Waals surface area contributed by atoms with E-state index in [1.807, 2.05) is 0 Å². The summed E-state index contributed by atoms with van der Waals surface area (Å²) in [6, 6.07) is 7.58. The molecule has 7 heteroatoms. The minimum Gasteiger partial charge on any atom is -0.507 e. The number of aromatic hydroxyl groups is 1. The van der Waals surface area contributed by atoms with Crippen molar-refractivity contribution in [3.05, 3.63) is 57.8 Å². The first kappa shape index (κ1) is 15.0. The van der Waals surface area contributed by atoms with Gasteiger partial charge in [-0.05, 0) is 30.3 Å². The van der Waals surface area contributed by atoms with Crippen LogP contribution in [0.25, 0.3) is 0 Å². The fraction of sp³-hybridized carbons (Fsp3) is 0. The molecule has 0 unspecified atom stereocenters. The number of aromatic carboxylic acids is 1. The number of carbonyl (C=O) groups excluding carboxylic acids is 1. The summed E-state index contributed by atoms with van der Waals surface area (Å²) in [5.41, 5.74) is -0.921. The van der Waals surface area contributed by atoms with E-state index in [4.69, 9.17) is 5.11 Å². The SMILES string of the molecule is O=C(Nc1c(F)cccc1C(=O)O)c1ccc(Br)cc1O. The first-order valence-electron chi connectivity index (χ1n) is 5.72. The predicted molar refractivity (Wildman–Crippen MR) is 77.1 cm³/mol. The molecular weight excluding hydrogens is 345 g/mol. The average molecular weight is 354 g/mol. The molecule has 3 N–H and O–H groups in total. The van der Waals surface area contributed by atoms with Gasteiger partial charge in [0.05, 0.1) is 16.8 Å². The Hall–Kier alpha value is -2.41. The summed E-state index contributed by atoms with van der Waals surface area (Å²) in [6.07, 6.45) is 0. The molecule has 1 amide bonds. The van der Waals surface area contributed by atoms with Crippen LogP contribution in [0.1, 0.15) is 20.7 Å². The van der Waals surface area contributed by atoms with Crippen molar-refractivity contribution in [3.8, 4) is 5.75 Å². The second-order valence-corrected chi connectivity index (χ2v) is 5.00. The quantitative estimate of drug-likeness (QED) is 0.790. The van der Waals surface area contributed by atoms with Gasteiger partial charge in [0.2, 0.25) is 0 Å². The van der Waals surface area contributed by atoms with Gasteiger partial charge in [-0.3, -0.25) is 4.79 Å². The number of para-hydroxylation sites is 1. The van der Waals surface area contributed by atoms with Crippen molar-refractivity contribution in [2.45, 2.75) is 0 Å². The van der Waals surface area contributed by atoms with Gasteiger partial charge in [-0.15, -0.1) is 0 Å². The van der Waals surface area contributed by atoms with E-state index < -0.39 is 23.4 Å². The minimum atomic E-state index is -1.37. The maximum absolute atomic E-state index is 13.7. The second-order valence-electron chi connectivity index (χ2n) is 4.08. The second kappa shape index (κ2) is 5.92. The maximum Gasteiger partial charge on any atom is 0.337 e. The Morgan fingerprint density at radius 2 is 1.86 bits per heavy atom. The summed E-state index contributed by atoms with van der Waals surface area (Å²) in [4.78, 5) is 23.1. The van der Waals surface area contributed by atoms with Crippen molar-refractivity contribution in [2.24, 2.45) is 0 Å². The van der Waals surface area contributed by atoms with Crippen LogP contribution >= 0.6 is 15.9 Å². The number of phenolic OH excluding ortho intramolecular Hbond substituents is 1. The average Bonchev–Trinajstić information content (AvgIpc) is 2.40. The molecule has 0 radical (unpaired) electrons. The number of hydrogen-bond acceptors (Lipinski definition) is 3. The molecule has 0 aliphatic heterocycles. The van der Waals surface area contributed by atoms with Gasteiger partial charge in [0.1, 0.15) is 11.6 Å². The molecule has 0 spiro atoms. The smallest absolute Gasteiger partial charge is 0.337 e. The number of carbonyl (C=O) groups is 2. The van der Waals surface area contributed by atoms with Crippen LogP contribution in [0.5, 0.6) is 5.75 Å². The van der Waals surface area contributed by atoms with E-state index in [-0.39, 0.29) is 16.9 Å². The van der Waals surface area contributed by atoms with Crippen molar-refractivity contribution in [2.75, 3.05) is 5.32 Å². The van der Waals surface area contributed by atoms with Crippen molar-refractivity contribution < 1.29 is 24.2 Å². The minimum absolute atomic E-state index is 0.0993. The number of nitrogens with one attached hydrogen (secondary N) is 1. The standard InChI is InChI=1S/C14H9BrFNO4/c15-7-4-5-8(11(18)6-7)13(19)17-12-9(14(20)21)2-1-3-10(12)16/h1-6,18H,(H,17,19)(H,20,21). The van der Waals surface area contributed by atoms with Crippen LogP contribution in [0.2, 0.25) is 0 Å². The lowest BCUT2D eigenvalue weighted by molar-refractivity contribution is 0.0697. The Labute approximate surface area is 127 Å². The Morgan fingerprint density at radius 3 is 2.48 bits per heavy atom. The Balaban J connectivity index is 2.38. The summed E-state index contributed by atoms with van der Waals surface area (Å²) in [5, 5.41) is 20.8. The van der Waals surface area contributed by atoms with Gasteiger partial charge in [0.25, 0.3) is 5.91 Å². The highest BCUT2D eigenvalue weighted by molar-refractivity contribution is 9.10. The lowest BCUT2D eigenvalue weighted by Crippen LogP contribution is -2.16. The van der Waals surface area contributed by atoms with Crippen LogP contribution in [-0.4, -0.2) is 22.1 Å². The Kier molecular flexibility index (Phi) is 4.23. The number of halogens is 2. The normalized spacial score (nSPS) is 10.2. The number of phenols is 1. The molecule has 0 aliphatic rings. The molecule has 21 heavy (non-hydrogen) atoms. The number of benzene rings is 2. The molecule has 0 bridgehead atoms. The zero-order valence-corrected chi connectivity index (χ0v) is 12.0. The number of rotatable bonds is 3. The van der Waals surface area contributed by atoms with Gasteiger partial charge in [0, 0.05) is 4.47 Å². The zero-order valence-electron chi connectivity index (χ0n) is 10.4. The van der Waals surface area contributed by atoms with E-state index >= 15 is 0 Å². The topological polar surface area (TPSA) is 86.6 Å². The zero-order chi connectivity index (χ0) is 15.6. The Morgan fingerprint density at radius 1 is 1.14 bits per heavy atom. The molecule has 0 atom stereocenters. The summed E-state index contributed by atoms with van der Waals surface area (Å²) >= 11 is 3.13. The first-order valence-corrected chi connectivity index (χ1v) is 6.51. The first-order chi connectivity index (χ1) is 9.90. The lowest BCUT2D eigenvalue weighted by atomic mass is 10.1. The van der Waals surface area contributed by atoms with Crippen molar-refractivity contribution in [3.63, 3.8) is 0 Å². The van der Waals surface area contributed by atoms with Gasteiger partial charge in [-0.25, -0.2) is 9.18 Å². The van der Waals surface area contributed by atoms with Crippen LogP contribution in [0.3, 0.4) is 0 Å². The Bertz CT molecular complexity index is 733. The van der Waals surface area contributed by atoms with Crippen molar-refractivity contribution >= 4 is 33.5 Å². The number of amides is 1. The fourth-order valence-electron chi connectivity index (χ4n) is 1.71. The van der Waals surface area contributed by atoms with Crippen LogP contribution in [0.15, 0.2) is 40.9 Å². The summed E-state index contributed by atoms with van der Waals surface area (Å²) in [5.74, 6) is -3.37. The van der Waals surface area contributed by atoms with Crippen LogP contribution < -0.4 is 5.32 Å². The highest BCUT2D eigenvalue weighted by atomic mass is 79.9. The van der Waals surface area contributed by atoms with E-state index in [1.165, 1.54) is 30.3 Å².